The highest BCUT2D eigenvalue weighted by atomic mass is 35.5. The van der Waals surface area contributed by atoms with Crippen LogP contribution in [0.5, 0.6) is 0 Å². The van der Waals surface area contributed by atoms with Gasteiger partial charge in [-0.2, -0.15) is 0 Å². The lowest BCUT2D eigenvalue weighted by Gasteiger charge is -2.28. The van der Waals surface area contributed by atoms with Gasteiger partial charge in [-0.3, -0.25) is 0 Å². The van der Waals surface area contributed by atoms with Crippen molar-refractivity contribution in [1.29, 1.82) is 0 Å². The van der Waals surface area contributed by atoms with Gasteiger partial charge in [0.15, 0.2) is 0 Å². The molecule has 104 valence electrons. The molecular formula is C12H26ClNO3. The summed E-state index contributed by atoms with van der Waals surface area (Å²) >= 11 is 0. The zero-order valence-electron chi connectivity index (χ0n) is 11.1. The minimum atomic E-state index is 0. The van der Waals surface area contributed by atoms with E-state index in [-0.39, 0.29) is 12.4 Å². The lowest BCUT2D eigenvalue weighted by atomic mass is 10.4. The van der Waals surface area contributed by atoms with Crippen LogP contribution in [0.15, 0.2) is 0 Å². The first kappa shape index (κ1) is 17.1. The van der Waals surface area contributed by atoms with E-state index in [4.69, 9.17) is 14.2 Å². The van der Waals surface area contributed by atoms with Gasteiger partial charge < -0.3 is 31.1 Å². The molecule has 1 rings (SSSR count). The molecule has 0 bridgehead atoms. The molecule has 4 nitrogen and oxygen atoms in total. The lowest BCUT2D eigenvalue weighted by Crippen LogP contribution is -3.00. The summed E-state index contributed by atoms with van der Waals surface area (Å²) in [5, 5.41) is 0. The van der Waals surface area contributed by atoms with E-state index in [1.165, 1.54) is 30.4 Å². The van der Waals surface area contributed by atoms with Crippen LogP contribution in [0.3, 0.4) is 0 Å². The van der Waals surface area contributed by atoms with E-state index < -0.39 is 0 Å². The summed E-state index contributed by atoms with van der Waals surface area (Å²) in [4.78, 5) is 0. The fraction of sp³-hybridized carbons (Fsp3) is 1.00. The van der Waals surface area contributed by atoms with E-state index in [2.05, 4.69) is 7.05 Å². The van der Waals surface area contributed by atoms with E-state index in [0.29, 0.717) is 26.4 Å². The Morgan fingerprint density at radius 3 is 2.00 bits per heavy atom. The Balaban J connectivity index is 0.00000256. The van der Waals surface area contributed by atoms with Crippen molar-refractivity contribution >= 4 is 0 Å². The molecule has 0 radical (unpaired) electrons. The van der Waals surface area contributed by atoms with Gasteiger partial charge in [0.25, 0.3) is 0 Å². The van der Waals surface area contributed by atoms with Gasteiger partial charge in [0.1, 0.15) is 6.54 Å². The SMILES string of the molecule is COCCOCCOCC[N+]1(C)CCCC1.[Cl-]. The number of quaternary nitrogens is 1. The second kappa shape index (κ2) is 10.1. The quantitative estimate of drug-likeness (QED) is 0.354. The van der Waals surface area contributed by atoms with Crippen LogP contribution in [0.1, 0.15) is 12.8 Å². The predicted octanol–water partition coefficient (Wildman–Crippen LogP) is -2.09. The first-order valence-corrected chi connectivity index (χ1v) is 6.25. The molecule has 0 unspecified atom stereocenters. The first-order chi connectivity index (χ1) is 7.77. The highest BCUT2D eigenvalue weighted by molar-refractivity contribution is 4.51. The summed E-state index contributed by atoms with van der Waals surface area (Å²) in [6.07, 6.45) is 2.74. The average Bonchev–Trinajstić information content (AvgIpc) is 2.70. The van der Waals surface area contributed by atoms with Crippen LogP contribution >= 0.6 is 0 Å². The molecule has 0 aromatic carbocycles. The Kier molecular flexibility index (Phi) is 10.2. The van der Waals surface area contributed by atoms with Crippen molar-refractivity contribution in [3.8, 4) is 0 Å². The van der Waals surface area contributed by atoms with Crippen LogP contribution in [0, 0.1) is 0 Å². The van der Waals surface area contributed by atoms with Crippen molar-refractivity contribution in [2.45, 2.75) is 12.8 Å². The predicted molar refractivity (Wildman–Crippen MR) is 63.5 cm³/mol. The molecule has 0 N–H and O–H groups in total. The first-order valence-electron chi connectivity index (χ1n) is 6.25. The van der Waals surface area contributed by atoms with Gasteiger partial charge in [0, 0.05) is 20.0 Å². The van der Waals surface area contributed by atoms with E-state index in [1.54, 1.807) is 7.11 Å². The molecule has 1 saturated heterocycles. The highest BCUT2D eigenvalue weighted by Crippen LogP contribution is 2.15. The number of likely N-dealkylation sites (tertiary alicyclic amines) is 1. The maximum absolute atomic E-state index is 5.56. The maximum Gasteiger partial charge on any atom is 0.102 e. The van der Waals surface area contributed by atoms with Gasteiger partial charge in [0.2, 0.25) is 0 Å². The van der Waals surface area contributed by atoms with E-state index in [9.17, 15) is 0 Å². The van der Waals surface area contributed by atoms with Crippen molar-refractivity contribution in [2.24, 2.45) is 0 Å². The molecule has 0 aliphatic carbocycles. The molecule has 0 atom stereocenters. The minimum absolute atomic E-state index is 0. The van der Waals surface area contributed by atoms with Crippen LogP contribution < -0.4 is 12.4 Å². The minimum Gasteiger partial charge on any atom is -1.00 e. The number of nitrogens with zero attached hydrogens (tertiary/aromatic N) is 1. The molecular weight excluding hydrogens is 242 g/mol. The van der Waals surface area contributed by atoms with Gasteiger partial charge in [-0.25, -0.2) is 0 Å². The van der Waals surface area contributed by atoms with Crippen LogP contribution in [-0.2, 0) is 14.2 Å². The smallest absolute Gasteiger partial charge is 0.102 e. The van der Waals surface area contributed by atoms with Crippen LogP contribution in [0.2, 0.25) is 0 Å². The number of ether oxygens (including phenoxy) is 3. The topological polar surface area (TPSA) is 27.7 Å². The van der Waals surface area contributed by atoms with Gasteiger partial charge in [-0.05, 0) is 0 Å². The van der Waals surface area contributed by atoms with Crippen LogP contribution in [-0.4, -0.2) is 71.3 Å². The zero-order valence-corrected chi connectivity index (χ0v) is 11.9. The third-order valence-electron chi connectivity index (χ3n) is 3.23. The Morgan fingerprint density at radius 1 is 0.882 bits per heavy atom. The number of hydrogen-bond donors (Lipinski definition) is 0. The summed E-state index contributed by atoms with van der Waals surface area (Å²) < 4.78 is 16.9. The summed E-state index contributed by atoms with van der Waals surface area (Å²) in [5.41, 5.74) is 0. The monoisotopic (exact) mass is 267 g/mol. The third kappa shape index (κ3) is 7.95. The van der Waals surface area contributed by atoms with Gasteiger partial charge in [-0.15, -0.1) is 0 Å². The molecule has 0 aromatic heterocycles. The molecule has 1 fully saturated rings. The summed E-state index contributed by atoms with van der Waals surface area (Å²) in [6.45, 7) is 7.31. The number of halogens is 1. The highest BCUT2D eigenvalue weighted by Gasteiger charge is 2.25. The molecule has 1 aliphatic rings. The van der Waals surface area contributed by atoms with E-state index >= 15 is 0 Å². The second-order valence-electron chi connectivity index (χ2n) is 4.71. The van der Waals surface area contributed by atoms with E-state index in [0.717, 1.165) is 13.2 Å². The third-order valence-corrected chi connectivity index (χ3v) is 3.23. The van der Waals surface area contributed by atoms with Crippen molar-refractivity contribution < 1.29 is 31.1 Å². The summed E-state index contributed by atoms with van der Waals surface area (Å²) in [6, 6.07) is 0. The standard InChI is InChI=1S/C12H26NO3.ClH/c1-13(5-3-4-6-13)7-8-15-11-12-16-10-9-14-2;/h3-12H2,1-2H3;1H/q+1;/p-1. The van der Waals surface area contributed by atoms with Gasteiger partial charge >= 0.3 is 0 Å². The molecule has 0 spiro atoms. The van der Waals surface area contributed by atoms with Gasteiger partial charge in [0.05, 0.1) is 53.2 Å². The molecule has 17 heavy (non-hydrogen) atoms. The molecule has 1 heterocycles. The maximum atomic E-state index is 5.56. The van der Waals surface area contributed by atoms with Crippen LogP contribution in [0.4, 0.5) is 0 Å². The molecule has 0 amide bonds. The summed E-state index contributed by atoms with van der Waals surface area (Å²) in [7, 11) is 4.01. The number of hydrogen-bond acceptors (Lipinski definition) is 3. The van der Waals surface area contributed by atoms with E-state index in [1.807, 2.05) is 0 Å². The molecule has 0 saturated carbocycles. The molecule has 5 heteroatoms. The number of rotatable bonds is 9. The van der Waals surface area contributed by atoms with Crippen molar-refractivity contribution in [3.05, 3.63) is 0 Å². The Bertz CT molecular complexity index is 175. The average molecular weight is 268 g/mol. The van der Waals surface area contributed by atoms with Crippen LogP contribution in [0.25, 0.3) is 0 Å². The fourth-order valence-electron chi connectivity index (χ4n) is 2.07. The number of methoxy groups -OCH3 is 1. The van der Waals surface area contributed by atoms with Crippen molar-refractivity contribution in [1.82, 2.24) is 0 Å². The zero-order chi connectivity index (χ0) is 11.7. The lowest BCUT2D eigenvalue weighted by molar-refractivity contribution is -0.898. The second-order valence-corrected chi connectivity index (χ2v) is 4.71. The Morgan fingerprint density at radius 2 is 1.41 bits per heavy atom. The van der Waals surface area contributed by atoms with Crippen molar-refractivity contribution in [2.75, 3.05) is 66.8 Å². The normalized spacial score (nSPS) is 18.0. The van der Waals surface area contributed by atoms with Crippen molar-refractivity contribution in [3.63, 3.8) is 0 Å². The Hall–Kier alpha value is 0.130. The number of likely N-dealkylation sites (N-methyl/N-ethyl adjacent to an activating group) is 1. The molecule has 1 aliphatic heterocycles. The Labute approximate surface area is 111 Å². The largest absolute Gasteiger partial charge is 1.00 e. The summed E-state index contributed by atoms with van der Waals surface area (Å²) in [5.74, 6) is 0. The molecule has 0 aromatic rings. The van der Waals surface area contributed by atoms with Gasteiger partial charge in [-0.1, -0.05) is 0 Å². The fourth-order valence-corrected chi connectivity index (χ4v) is 2.07.